The second kappa shape index (κ2) is 13.2. The lowest BCUT2D eigenvalue weighted by atomic mass is 9.98. The summed E-state index contributed by atoms with van der Waals surface area (Å²) >= 11 is 0. The number of aromatic amines is 2. The zero-order chi connectivity index (χ0) is 31.5. The number of nitro benzene ring substituents is 1. The number of aliphatic imine (C=N–C) groups is 1. The molecule has 7 rings (SSSR count). The molecule has 0 saturated carbocycles. The third-order valence-corrected chi connectivity index (χ3v) is 9.21. The van der Waals surface area contributed by atoms with E-state index in [1.807, 2.05) is 42.6 Å². The molecule has 0 amide bonds. The number of fused-ring (bicyclic) bond motifs is 1. The third-order valence-electron chi connectivity index (χ3n) is 9.21. The molecule has 0 bridgehead atoms. The summed E-state index contributed by atoms with van der Waals surface area (Å²) in [5.41, 5.74) is 6.22. The summed E-state index contributed by atoms with van der Waals surface area (Å²) in [5.74, 6) is 0.825. The fourth-order valence-corrected chi connectivity index (χ4v) is 6.69. The number of anilines is 1. The maximum absolute atomic E-state index is 11.6. The van der Waals surface area contributed by atoms with Crippen molar-refractivity contribution in [2.24, 2.45) is 4.99 Å². The van der Waals surface area contributed by atoms with Crippen LogP contribution in [0.4, 0.5) is 17.3 Å². The average Bonchev–Trinajstić information content (AvgIpc) is 3.85. The van der Waals surface area contributed by atoms with Crippen molar-refractivity contribution in [1.82, 2.24) is 19.9 Å². The first kappa shape index (κ1) is 29.7. The molecule has 2 aliphatic heterocycles. The quantitative estimate of drug-likeness (QED) is 0.0854. The van der Waals surface area contributed by atoms with E-state index < -0.39 is 4.92 Å². The predicted molar refractivity (Wildman–Crippen MR) is 182 cm³/mol. The zero-order valence-electron chi connectivity index (χ0n) is 25.9. The SMILES string of the molecule is O=[N+]([O-])c1ccc2[nH]c(O)c(C(=Nc3ccc(-c4cnc(N5CCCCC5)[nH]4)cc3)c3ccc(CCCN4CCCC4)cc3)c2c1. The Morgan fingerprint density at radius 1 is 0.913 bits per heavy atom. The van der Waals surface area contributed by atoms with Crippen LogP contribution in [0.15, 0.2) is 77.9 Å². The Morgan fingerprint density at radius 2 is 1.65 bits per heavy atom. The molecule has 2 saturated heterocycles. The van der Waals surface area contributed by atoms with Crippen molar-refractivity contribution in [2.75, 3.05) is 37.6 Å². The van der Waals surface area contributed by atoms with Gasteiger partial charge in [0.25, 0.3) is 5.69 Å². The van der Waals surface area contributed by atoms with Crippen LogP contribution in [0.1, 0.15) is 55.2 Å². The molecular weight excluding hydrogens is 578 g/mol. The number of aromatic nitrogens is 3. The average molecular weight is 618 g/mol. The van der Waals surface area contributed by atoms with E-state index in [4.69, 9.17) is 4.99 Å². The molecular formula is C36H39N7O3. The number of nitrogens with one attached hydrogen (secondary N) is 2. The van der Waals surface area contributed by atoms with Gasteiger partial charge >= 0.3 is 0 Å². The lowest BCUT2D eigenvalue weighted by molar-refractivity contribution is -0.384. The molecule has 3 N–H and O–H groups in total. The fourth-order valence-electron chi connectivity index (χ4n) is 6.69. The highest BCUT2D eigenvalue weighted by molar-refractivity contribution is 6.22. The van der Waals surface area contributed by atoms with Gasteiger partial charge in [0.05, 0.1) is 33.8 Å². The summed E-state index contributed by atoms with van der Waals surface area (Å²) in [6.45, 7) is 5.56. The van der Waals surface area contributed by atoms with Crippen LogP contribution in [-0.4, -0.2) is 68.3 Å². The molecule has 4 heterocycles. The molecule has 0 aliphatic carbocycles. The molecule has 3 aromatic carbocycles. The first-order valence-electron chi connectivity index (χ1n) is 16.3. The topological polar surface area (TPSA) is 127 Å². The fraction of sp³-hybridized carbons (Fsp3) is 0.333. The molecule has 236 valence electrons. The van der Waals surface area contributed by atoms with Crippen molar-refractivity contribution >= 4 is 33.9 Å². The van der Waals surface area contributed by atoms with E-state index in [9.17, 15) is 15.2 Å². The highest BCUT2D eigenvalue weighted by Gasteiger charge is 2.21. The van der Waals surface area contributed by atoms with Gasteiger partial charge < -0.3 is 24.9 Å². The number of H-pyrrole nitrogens is 2. The van der Waals surface area contributed by atoms with Crippen molar-refractivity contribution in [3.8, 4) is 17.1 Å². The van der Waals surface area contributed by atoms with Gasteiger partial charge in [-0.05, 0) is 93.9 Å². The normalized spacial score (nSPS) is 16.0. The van der Waals surface area contributed by atoms with Crippen LogP contribution in [0.2, 0.25) is 0 Å². The Morgan fingerprint density at radius 3 is 2.39 bits per heavy atom. The Kier molecular flexibility index (Phi) is 8.52. The van der Waals surface area contributed by atoms with E-state index in [-0.39, 0.29) is 11.6 Å². The molecule has 0 atom stereocenters. The largest absolute Gasteiger partial charge is 0.494 e. The number of non-ortho nitro benzene ring substituents is 1. The van der Waals surface area contributed by atoms with E-state index in [0.29, 0.717) is 27.9 Å². The number of likely N-dealkylation sites (tertiary alicyclic amines) is 1. The molecule has 46 heavy (non-hydrogen) atoms. The standard InChI is InChI=1S/C36H39N7O3/c44-35-33(30-23-29(43(45)46)16-17-31(30)39-35)34(27-10-8-25(9-11-27)7-6-20-41-18-4-5-19-41)38-28-14-12-26(13-15-28)32-24-37-36(40-32)42-21-2-1-3-22-42/h8-17,23-24,39,44H,1-7,18-22H2,(H,37,40). The minimum atomic E-state index is -0.425. The van der Waals surface area contributed by atoms with E-state index in [1.54, 1.807) is 6.07 Å². The highest BCUT2D eigenvalue weighted by Crippen LogP contribution is 2.34. The summed E-state index contributed by atoms with van der Waals surface area (Å²) in [4.78, 5) is 32.2. The number of imidazole rings is 1. The molecule has 10 heteroatoms. The molecule has 10 nitrogen and oxygen atoms in total. The predicted octanol–water partition coefficient (Wildman–Crippen LogP) is 7.36. The van der Waals surface area contributed by atoms with Gasteiger partial charge in [0.2, 0.25) is 5.95 Å². The lowest BCUT2D eigenvalue weighted by Gasteiger charge is -2.25. The number of benzene rings is 3. The second-order valence-corrected chi connectivity index (χ2v) is 12.4. The van der Waals surface area contributed by atoms with Gasteiger partial charge in [-0.1, -0.05) is 36.4 Å². The van der Waals surface area contributed by atoms with Gasteiger partial charge in [0.15, 0.2) is 5.88 Å². The van der Waals surface area contributed by atoms with Crippen LogP contribution < -0.4 is 4.90 Å². The van der Waals surface area contributed by atoms with Gasteiger partial charge in [0.1, 0.15) is 0 Å². The summed E-state index contributed by atoms with van der Waals surface area (Å²) in [6.07, 6.45) is 10.2. The summed E-state index contributed by atoms with van der Waals surface area (Å²) in [7, 11) is 0. The number of rotatable bonds is 10. The number of nitrogens with zero attached hydrogens (tertiary/aromatic N) is 5. The first-order valence-corrected chi connectivity index (χ1v) is 16.3. The smallest absolute Gasteiger partial charge is 0.270 e. The number of hydrogen-bond acceptors (Lipinski definition) is 7. The summed E-state index contributed by atoms with van der Waals surface area (Å²) in [6, 6.07) is 20.7. The van der Waals surface area contributed by atoms with Crippen molar-refractivity contribution in [3.05, 3.63) is 99.7 Å². The minimum absolute atomic E-state index is 0.0479. The van der Waals surface area contributed by atoms with Crippen molar-refractivity contribution in [1.29, 1.82) is 0 Å². The van der Waals surface area contributed by atoms with Crippen molar-refractivity contribution in [3.63, 3.8) is 0 Å². The van der Waals surface area contributed by atoms with Crippen LogP contribution in [0.5, 0.6) is 5.88 Å². The number of aryl methyl sites for hydroxylation is 1. The maximum atomic E-state index is 11.6. The highest BCUT2D eigenvalue weighted by atomic mass is 16.6. The molecule has 5 aromatic rings. The zero-order valence-corrected chi connectivity index (χ0v) is 25.9. The van der Waals surface area contributed by atoms with Crippen molar-refractivity contribution < 1.29 is 10.0 Å². The van der Waals surface area contributed by atoms with E-state index in [0.717, 1.165) is 55.2 Å². The monoisotopic (exact) mass is 617 g/mol. The van der Waals surface area contributed by atoms with Gasteiger partial charge in [0, 0.05) is 41.7 Å². The Balaban J connectivity index is 1.20. The molecule has 2 aliphatic rings. The molecule has 0 spiro atoms. The molecule has 0 unspecified atom stereocenters. The first-order chi connectivity index (χ1) is 22.5. The molecule has 2 aromatic heterocycles. The Hall–Kier alpha value is -4.96. The lowest BCUT2D eigenvalue weighted by Crippen LogP contribution is -2.30. The second-order valence-electron chi connectivity index (χ2n) is 12.4. The Bertz CT molecular complexity index is 1850. The number of aromatic hydroxyl groups is 1. The molecule has 2 fully saturated rings. The van der Waals surface area contributed by atoms with Crippen LogP contribution in [0, 0.1) is 10.1 Å². The van der Waals surface area contributed by atoms with E-state index in [2.05, 4.69) is 36.9 Å². The van der Waals surface area contributed by atoms with Gasteiger partial charge in [-0.25, -0.2) is 9.98 Å². The van der Waals surface area contributed by atoms with Crippen LogP contribution >= 0.6 is 0 Å². The summed E-state index contributed by atoms with van der Waals surface area (Å²) < 4.78 is 0. The minimum Gasteiger partial charge on any atom is -0.494 e. The van der Waals surface area contributed by atoms with E-state index in [1.165, 1.54) is 62.9 Å². The third kappa shape index (κ3) is 6.39. The number of piperidine rings is 1. The molecule has 0 radical (unpaired) electrons. The van der Waals surface area contributed by atoms with Gasteiger partial charge in [-0.2, -0.15) is 0 Å². The number of hydrogen-bond donors (Lipinski definition) is 3. The van der Waals surface area contributed by atoms with Crippen LogP contribution in [-0.2, 0) is 6.42 Å². The van der Waals surface area contributed by atoms with Crippen molar-refractivity contribution in [2.45, 2.75) is 44.9 Å². The van der Waals surface area contributed by atoms with Gasteiger partial charge in [-0.3, -0.25) is 10.1 Å². The van der Waals surface area contributed by atoms with E-state index >= 15 is 0 Å². The van der Waals surface area contributed by atoms with Crippen LogP contribution in [0.25, 0.3) is 22.2 Å². The van der Waals surface area contributed by atoms with Gasteiger partial charge in [-0.15, -0.1) is 0 Å². The maximum Gasteiger partial charge on any atom is 0.270 e. The Labute approximate surface area is 268 Å². The number of nitro groups is 1. The summed E-state index contributed by atoms with van der Waals surface area (Å²) in [5, 5.41) is 23.3. The van der Waals surface area contributed by atoms with Crippen LogP contribution in [0.3, 0.4) is 0 Å².